The van der Waals surface area contributed by atoms with Crippen LogP contribution in [0.5, 0.6) is 0 Å². The molecular weight excluding hydrogens is 362 g/mol. The van der Waals surface area contributed by atoms with Crippen molar-refractivity contribution >= 4 is 11.4 Å². The van der Waals surface area contributed by atoms with Gasteiger partial charge in [0.25, 0.3) is 0 Å². The highest BCUT2D eigenvalue weighted by Gasteiger charge is 2.28. The number of hydrogen-bond acceptors (Lipinski definition) is 4. The lowest BCUT2D eigenvalue weighted by Gasteiger charge is -2.35. The van der Waals surface area contributed by atoms with Gasteiger partial charge in [-0.2, -0.15) is 4.39 Å². The van der Waals surface area contributed by atoms with Crippen molar-refractivity contribution in [1.29, 1.82) is 0 Å². The predicted octanol–water partition coefficient (Wildman–Crippen LogP) is 4.09. The van der Waals surface area contributed by atoms with Crippen molar-refractivity contribution in [3.05, 3.63) is 65.8 Å². The molecule has 1 saturated heterocycles. The van der Waals surface area contributed by atoms with Crippen LogP contribution in [0, 0.1) is 18.3 Å². The molecule has 1 aliphatic heterocycles. The van der Waals surface area contributed by atoms with E-state index in [-0.39, 0.29) is 11.6 Å². The zero-order valence-electron chi connectivity index (χ0n) is 15.3. The number of pyridine rings is 1. The topological polar surface area (TPSA) is 51.2 Å². The van der Waals surface area contributed by atoms with Crippen LogP contribution in [-0.4, -0.2) is 32.8 Å². The largest absolute Gasteiger partial charge is 0.380 e. The molecule has 0 radical (unpaired) electrons. The smallest absolute Gasteiger partial charge is 0.245 e. The molecule has 2 aromatic heterocycles. The van der Waals surface area contributed by atoms with E-state index in [1.807, 2.05) is 16.5 Å². The Bertz CT molecular complexity index is 1030. The second-order valence-electron chi connectivity index (χ2n) is 6.83. The first-order valence-electron chi connectivity index (χ1n) is 8.99. The van der Waals surface area contributed by atoms with Crippen molar-refractivity contribution in [2.75, 3.05) is 18.0 Å². The molecular formula is C20H18F2N6. The van der Waals surface area contributed by atoms with Gasteiger partial charge in [-0.1, -0.05) is 6.07 Å². The van der Waals surface area contributed by atoms with Gasteiger partial charge >= 0.3 is 0 Å². The Morgan fingerprint density at radius 3 is 2.54 bits per heavy atom. The molecule has 0 saturated carbocycles. The van der Waals surface area contributed by atoms with E-state index in [1.54, 1.807) is 18.5 Å². The third-order valence-electron chi connectivity index (χ3n) is 5.17. The fourth-order valence-corrected chi connectivity index (χ4v) is 3.77. The lowest BCUT2D eigenvalue weighted by molar-refractivity contribution is 0.474. The van der Waals surface area contributed by atoms with Crippen LogP contribution in [-0.2, 0) is 7.05 Å². The zero-order valence-corrected chi connectivity index (χ0v) is 15.3. The minimum absolute atomic E-state index is 0.0149. The Balaban J connectivity index is 1.69. The number of aromatic nitrogens is 4. The van der Waals surface area contributed by atoms with Crippen LogP contribution in [0.15, 0.2) is 36.8 Å². The highest BCUT2D eigenvalue weighted by atomic mass is 19.1. The summed E-state index contributed by atoms with van der Waals surface area (Å²) < 4.78 is 29.5. The Labute approximate surface area is 161 Å². The first kappa shape index (κ1) is 18.0. The van der Waals surface area contributed by atoms with E-state index in [0.29, 0.717) is 29.9 Å². The van der Waals surface area contributed by atoms with Crippen LogP contribution in [0.3, 0.4) is 0 Å². The van der Waals surface area contributed by atoms with Crippen LogP contribution < -0.4 is 4.90 Å². The molecule has 0 aliphatic carbocycles. The summed E-state index contributed by atoms with van der Waals surface area (Å²) in [6.07, 6.45) is 4.74. The highest BCUT2D eigenvalue weighted by Crippen LogP contribution is 2.42. The lowest BCUT2D eigenvalue weighted by atomic mass is 9.94. The maximum atomic E-state index is 14.4. The minimum Gasteiger partial charge on any atom is -0.380 e. The molecule has 0 N–H and O–H groups in total. The summed E-state index contributed by atoms with van der Waals surface area (Å²) in [5.74, 6) is 0.0680. The van der Waals surface area contributed by atoms with E-state index in [0.717, 1.165) is 18.7 Å². The molecule has 1 aliphatic rings. The maximum absolute atomic E-state index is 14.4. The van der Waals surface area contributed by atoms with E-state index in [2.05, 4.69) is 20.0 Å². The molecule has 0 spiro atoms. The summed E-state index contributed by atoms with van der Waals surface area (Å²) in [6.45, 7) is 8.80. The van der Waals surface area contributed by atoms with Crippen LogP contribution >= 0.6 is 0 Å². The number of halogens is 2. The molecule has 0 atom stereocenters. The van der Waals surface area contributed by atoms with Gasteiger partial charge in [0, 0.05) is 37.8 Å². The van der Waals surface area contributed by atoms with Crippen LogP contribution in [0.25, 0.3) is 16.0 Å². The van der Waals surface area contributed by atoms with Gasteiger partial charge in [0.2, 0.25) is 11.6 Å². The van der Waals surface area contributed by atoms with E-state index in [9.17, 15) is 8.78 Å². The molecule has 6 nitrogen and oxygen atoms in total. The molecule has 28 heavy (non-hydrogen) atoms. The number of anilines is 1. The van der Waals surface area contributed by atoms with Crippen molar-refractivity contribution in [1.82, 2.24) is 19.7 Å². The summed E-state index contributed by atoms with van der Waals surface area (Å²) in [5, 5.41) is 8.15. The van der Waals surface area contributed by atoms with Gasteiger partial charge in [0.05, 0.1) is 12.3 Å². The minimum atomic E-state index is -0.581. The Kier molecular flexibility index (Phi) is 4.74. The Morgan fingerprint density at radius 2 is 1.93 bits per heavy atom. The average Bonchev–Trinajstić information content (AvgIpc) is 3.14. The summed E-state index contributed by atoms with van der Waals surface area (Å²) in [6, 6.07) is 5.77. The van der Waals surface area contributed by atoms with Crippen LogP contribution in [0.1, 0.15) is 24.6 Å². The summed E-state index contributed by atoms with van der Waals surface area (Å²) in [5.41, 5.74) is 1.85. The van der Waals surface area contributed by atoms with Crippen molar-refractivity contribution < 1.29 is 8.78 Å². The Morgan fingerprint density at radius 1 is 1.14 bits per heavy atom. The van der Waals surface area contributed by atoms with E-state index in [1.165, 1.54) is 18.3 Å². The molecule has 1 fully saturated rings. The average molecular weight is 380 g/mol. The molecule has 3 aromatic rings. The van der Waals surface area contributed by atoms with Crippen molar-refractivity contribution in [3.63, 3.8) is 0 Å². The molecule has 4 rings (SSSR count). The lowest BCUT2D eigenvalue weighted by Crippen LogP contribution is -2.34. The number of nitrogens with zero attached hydrogens (tertiary/aromatic N) is 6. The van der Waals surface area contributed by atoms with Crippen LogP contribution in [0.2, 0.25) is 0 Å². The molecule has 3 heterocycles. The van der Waals surface area contributed by atoms with Crippen LogP contribution in [0.4, 0.5) is 20.2 Å². The second kappa shape index (κ2) is 7.35. The van der Waals surface area contributed by atoms with Gasteiger partial charge in [-0.25, -0.2) is 14.2 Å². The molecule has 1 aromatic carbocycles. The van der Waals surface area contributed by atoms with E-state index in [4.69, 9.17) is 6.57 Å². The van der Waals surface area contributed by atoms with Gasteiger partial charge in [-0.3, -0.25) is 0 Å². The first-order chi connectivity index (χ1) is 13.6. The van der Waals surface area contributed by atoms with Gasteiger partial charge in [0.1, 0.15) is 18.0 Å². The molecule has 0 bridgehead atoms. The predicted molar refractivity (Wildman–Crippen MR) is 101 cm³/mol. The number of rotatable bonds is 3. The van der Waals surface area contributed by atoms with Crippen molar-refractivity contribution in [2.24, 2.45) is 7.05 Å². The fraction of sp³-hybridized carbons (Fsp3) is 0.300. The third-order valence-corrected chi connectivity index (χ3v) is 5.17. The van der Waals surface area contributed by atoms with E-state index < -0.39 is 11.8 Å². The third kappa shape index (κ3) is 3.20. The number of piperidine rings is 1. The quantitative estimate of drug-likeness (QED) is 0.507. The normalized spacial score (nSPS) is 14.9. The van der Waals surface area contributed by atoms with Crippen molar-refractivity contribution in [2.45, 2.75) is 18.8 Å². The second-order valence-corrected chi connectivity index (χ2v) is 6.83. The molecule has 142 valence electrons. The number of aryl methyl sites for hydroxylation is 1. The van der Waals surface area contributed by atoms with Gasteiger partial charge in [-0.15, -0.1) is 10.2 Å². The Hall–Kier alpha value is -3.34. The zero-order chi connectivity index (χ0) is 19.7. The summed E-state index contributed by atoms with van der Waals surface area (Å²) >= 11 is 0. The van der Waals surface area contributed by atoms with Gasteiger partial charge in [0.15, 0.2) is 0 Å². The summed E-state index contributed by atoms with van der Waals surface area (Å²) in [4.78, 5) is 9.17. The number of benzene rings is 1. The molecule has 8 heteroatoms. The molecule has 0 unspecified atom stereocenters. The van der Waals surface area contributed by atoms with Crippen molar-refractivity contribution in [3.8, 4) is 11.1 Å². The standard InChI is InChI=1S/C20H18F2N6/c1-23-18-16(21)5-4-15(14-3-6-17(22)24-11-14)19(18)28-9-7-13(8-10-28)20-26-25-12-27(20)2/h3-6,11-13H,7-10H2,2H3. The number of hydrogen-bond donors (Lipinski definition) is 0. The first-order valence-corrected chi connectivity index (χ1v) is 8.99. The summed E-state index contributed by atoms with van der Waals surface area (Å²) in [7, 11) is 1.92. The van der Waals surface area contributed by atoms with E-state index >= 15 is 0 Å². The fourth-order valence-electron chi connectivity index (χ4n) is 3.77. The van der Waals surface area contributed by atoms with Gasteiger partial charge < -0.3 is 9.47 Å². The maximum Gasteiger partial charge on any atom is 0.245 e. The monoisotopic (exact) mass is 380 g/mol. The van der Waals surface area contributed by atoms with Gasteiger partial charge in [-0.05, 0) is 36.6 Å². The highest BCUT2D eigenvalue weighted by molar-refractivity contribution is 5.88. The molecule has 0 amide bonds. The SMILES string of the molecule is [C-]#[N+]c1c(F)ccc(-c2ccc(F)nc2)c1N1CCC(c2nncn2C)CC1.